The first-order chi connectivity index (χ1) is 11.6. The van der Waals surface area contributed by atoms with Crippen LogP contribution in [0.25, 0.3) is 0 Å². The molecule has 7 heteroatoms. The molecule has 0 saturated heterocycles. The zero-order valence-corrected chi connectivity index (χ0v) is 13.6. The molecule has 2 aromatic rings. The van der Waals surface area contributed by atoms with Gasteiger partial charge in [-0.2, -0.15) is 0 Å². The molecule has 1 heterocycles. The van der Waals surface area contributed by atoms with Crippen LogP contribution < -0.4 is 20.7 Å². The van der Waals surface area contributed by atoms with Gasteiger partial charge in [-0.3, -0.25) is 4.79 Å². The zero-order valence-electron chi connectivity index (χ0n) is 13.6. The van der Waals surface area contributed by atoms with Crippen molar-refractivity contribution in [2.45, 2.75) is 20.4 Å². The summed E-state index contributed by atoms with van der Waals surface area (Å²) < 4.78 is 5.42. The molecule has 3 N–H and O–H groups in total. The summed E-state index contributed by atoms with van der Waals surface area (Å²) in [5.74, 6) is 0.370. The van der Waals surface area contributed by atoms with Crippen molar-refractivity contribution in [3.05, 3.63) is 48.2 Å². The average molecular weight is 328 g/mol. The Labute approximate surface area is 140 Å². The highest BCUT2D eigenvalue weighted by Crippen LogP contribution is 2.15. The minimum Gasteiger partial charge on any atom is -0.478 e. The van der Waals surface area contributed by atoms with Crippen LogP contribution in [0.5, 0.6) is 5.88 Å². The molecule has 0 fully saturated rings. The van der Waals surface area contributed by atoms with E-state index in [0.29, 0.717) is 30.4 Å². The molecule has 24 heavy (non-hydrogen) atoms. The molecule has 0 saturated carbocycles. The van der Waals surface area contributed by atoms with Crippen molar-refractivity contribution >= 4 is 23.3 Å². The number of nitrogens with zero attached hydrogens (tertiary/aromatic N) is 1. The van der Waals surface area contributed by atoms with Crippen LogP contribution in [0.3, 0.4) is 0 Å². The third-order valence-electron chi connectivity index (χ3n) is 3.03. The number of ether oxygens (including phenoxy) is 1. The van der Waals surface area contributed by atoms with Gasteiger partial charge >= 0.3 is 6.03 Å². The number of hydrogen-bond donors (Lipinski definition) is 3. The molecule has 2 rings (SSSR count). The van der Waals surface area contributed by atoms with E-state index in [1.54, 1.807) is 36.5 Å². The fourth-order valence-electron chi connectivity index (χ4n) is 2.02. The minimum absolute atomic E-state index is 0.143. The Hall–Kier alpha value is -3.09. The van der Waals surface area contributed by atoms with Gasteiger partial charge in [0.15, 0.2) is 0 Å². The molecule has 0 aliphatic rings. The summed E-state index contributed by atoms with van der Waals surface area (Å²) in [5, 5.41) is 8.14. The van der Waals surface area contributed by atoms with Crippen molar-refractivity contribution in [1.82, 2.24) is 10.3 Å². The molecule has 0 radical (unpaired) electrons. The molecule has 7 nitrogen and oxygen atoms in total. The molecule has 0 atom stereocenters. The maximum Gasteiger partial charge on any atom is 0.319 e. The summed E-state index contributed by atoms with van der Waals surface area (Å²) >= 11 is 0. The minimum atomic E-state index is -0.339. The normalized spacial score (nSPS) is 9.92. The molecule has 1 aromatic heterocycles. The van der Waals surface area contributed by atoms with Crippen LogP contribution in [-0.4, -0.2) is 23.5 Å². The number of urea groups is 1. The van der Waals surface area contributed by atoms with Crippen LogP contribution in [0, 0.1) is 0 Å². The number of nitrogens with one attached hydrogen (secondary N) is 3. The van der Waals surface area contributed by atoms with E-state index < -0.39 is 0 Å². The van der Waals surface area contributed by atoms with Crippen LogP contribution in [0.4, 0.5) is 16.2 Å². The lowest BCUT2D eigenvalue weighted by Crippen LogP contribution is -2.28. The molecule has 0 aliphatic carbocycles. The molecule has 126 valence electrons. The number of carbonyl (C=O) groups excluding carboxylic acids is 2. The first kappa shape index (κ1) is 17.3. The van der Waals surface area contributed by atoms with E-state index in [4.69, 9.17) is 4.74 Å². The van der Waals surface area contributed by atoms with E-state index in [1.165, 1.54) is 6.92 Å². The molecule has 0 bridgehead atoms. The van der Waals surface area contributed by atoms with Gasteiger partial charge in [0.1, 0.15) is 0 Å². The lowest BCUT2D eigenvalue weighted by atomic mass is 10.2. The van der Waals surface area contributed by atoms with Crippen molar-refractivity contribution in [1.29, 1.82) is 0 Å². The van der Waals surface area contributed by atoms with E-state index in [-0.39, 0.29) is 11.9 Å². The van der Waals surface area contributed by atoms with E-state index in [9.17, 15) is 9.59 Å². The number of carbonyl (C=O) groups is 2. The van der Waals surface area contributed by atoms with Crippen LogP contribution in [0.1, 0.15) is 19.4 Å². The Balaban J connectivity index is 1.88. The number of rotatable bonds is 6. The molecule has 0 aliphatic heterocycles. The Morgan fingerprint density at radius 2 is 1.75 bits per heavy atom. The van der Waals surface area contributed by atoms with Crippen LogP contribution in [-0.2, 0) is 11.3 Å². The predicted octanol–water partition coefficient (Wildman–Crippen LogP) is 2.76. The van der Waals surface area contributed by atoms with E-state index in [1.807, 2.05) is 13.0 Å². The molecule has 3 amide bonds. The second-order valence-electron chi connectivity index (χ2n) is 4.97. The van der Waals surface area contributed by atoms with Gasteiger partial charge in [-0.1, -0.05) is 6.07 Å². The third-order valence-corrected chi connectivity index (χ3v) is 3.03. The Morgan fingerprint density at radius 1 is 1.08 bits per heavy atom. The summed E-state index contributed by atoms with van der Waals surface area (Å²) in [4.78, 5) is 27.1. The highest BCUT2D eigenvalue weighted by Gasteiger charge is 2.07. The lowest BCUT2D eigenvalue weighted by molar-refractivity contribution is -0.114. The SMILES string of the molecule is CCOc1ncccc1CNC(=O)Nc1ccc(NC(C)=O)cc1. The Bertz CT molecular complexity index is 701. The largest absolute Gasteiger partial charge is 0.478 e. The van der Waals surface area contributed by atoms with Gasteiger partial charge in [0.25, 0.3) is 0 Å². The second-order valence-corrected chi connectivity index (χ2v) is 4.97. The van der Waals surface area contributed by atoms with Crippen LogP contribution in [0.15, 0.2) is 42.6 Å². The number of amides is 3. The number of pyridine rings is 1. The van der Waals surface area contributed by atoms with Crippen molar-refractivity contribution < 1.29 is 14.3 Å². The summed E-state index contributed by atoms with van der Waals surface area (Å²) in [6, 6.07) is 10.1. The van der Waals surface area contributed by atoms with Gasteiger partial charge < -0.3 is 20.7 Å². The van der Waals surface area contributed by atoms with Gasteiger partial charge in [-0.15, -0.1) is 0 Å². The van der Waals surface area contributed by atoms with Crippen molar-refractivity contribution in [2.75, 3.05) is 17.2 Å². The number of anilines is 2. The standard InChI is InChI=1S/C17H20N4O3/c1-3-24-16-13(5-4-10-18-16)11-19-17(23)21-15-8-6-14(7-9-15)20-12(2)22/h4-10H,3,11H2,1-2H3,(H,20,22)(H2,19,21,23). The first-order valence-electron chi connectivity index (χ1n) is 7.57. The van der Waals surface area contributed by atoms with Gasteiger partial charge in [0.2, 0.25) is 11.8 Å². The Morgan fingerprint density at radius 3 is 2.38 bits per heavy atom. The maximum atomic E-state index is 12.0. The first-order valence-corrected chi connectivity index (χ1v) is 7.57. The predicted molar refractivity (Wildman–Crippen MR) is 92.0 cm³/mol. The number of benzene rings is 1. The van der Waals surface area contributed by atoms with E-state index in [0.717, 1.165) is 5.56 Å². The van der Waals surface area contributed by atoms with Gasteiger partial charge in [-0.05, 0) is 37.3 Å². The second kappa shape index (κ2) is 8.52. The quantitative estimate of drug-likeness (QED) is 0.760. The monoisotopic (exact) mass is 328 g/mol. The summed E-state index contributed by atoms with van der Waals surface area (Å²) in [7, 11) is 0. The Kier molecular flexibility index (Phi) is 6.13. The molecule has 0 spiro atoms. The highest BCUT2D eigenvalue weighted by atomic mass is 16.5. The zero-order chi connectivity index (χ0) is 17.4. The third kappa shape index (κ3) is 5.28. The molecule has 1 aromatic carbocycles. The fourth-order valence-corrected chi connectivity index (χ4v) is 2.02. The molecule has 0 unspecified atom stereocenters. The van der Waals surface area contributed by atoms with Crippen molar-refractivity contribution in [3.8, 4) is 5.88 Å². The topological polar surface area (TPSA) is 92.3 Å². The van der Waals surface area contributed by atoms with Crippen LogP contribution in [0.2, 0.25) is 0 Å². The van der Waals surface area contributed by atoms with Gasteiger partial charge in [-0.25, -0.2) is 9.78 Å². The molecular weight excluding hydrogens is 308 g/mol. The summed E-state index contributed by atoms with van der Waals surface area (Å²) in [6.45, 7) is 4.13. The van der Waals surface area contributed by atoms with Crippen molar-refractivity contribution in [2.24, 2.45) is 0 Å². The maximum absolute atomic E-state index is 12.0. The highest BCUT2D eigenvalue weighted by molar-refractivity contribution is 5.91. The summed E-state index contributed by atoms with van der Waals surface area (Å²) in [6.07, 6.45) is 1.64. The van der Waals surface area contributed by atoms with Crippen molar-refractivity contribution in [3.63, 3.8) is 0 Å². The lowest BCUT2D eigenvalue weighted by Gasteiger charge is -2.11. The summed E-state index contributed by atoms with van der Waals surface area (Å²) in [5.41, 5.74) is 2.10. The van der Waals surface area contributed by atoms with E-state index >= 15 is 0 Å². The van der Waals surface area contributed by atoms with Gasteiger partial charge in [0, 0.05) is 36.6 Å². The molecular formula is C17H20N4O3. The van der Waals surface area contributed by atoms with E-state index in [2.05, 4.69) is 20.9 Å². The van der Waals surface area contributed by atoms with Crippen LogP contribution >= 0.6 is 0 Å². The number of aromatic nitrogens is 1. The number of hydrogen-bond acceptors (Lipinski definition) is 4. The average Bonchev–Trinajstić information content (AvgIpc) is 2.56. The smallest absolute Gasteiger partial charge is 0.319 e. The van der Waals surface area contributed by atoms with Gasteiger partial charge in [0.05, 0.1) is 6.61 Å². The fraction of sp³-hybridized carbons (Fsp3) is 0.235.